The molecule has 1 aliphatic rings. The quantitative estimate of drug-likeness (QED) is 0.859. The van der Waals surface area contributed by atoms with Crippen molar-refractivity contribution in [3.05, 3.63) is 65.2 Å². The molecule has 24 heavy (non-hydrogen) atoms. The van der Waals surface area contributed by atoms with E-state index in [1.165, 1.54) is 0 Å². The maximum Gasteiger partial charge on any atom is 0.243 e. The number of rotatable bonds is 3. The molecule has 2 aromatic carbocycles. The summed E-state index contributed by atoms with van der Waals surface area (Å²) in [5.41, 5.74) is 2.92. The van der Waals surface area contributed by atoms with E-state index in [0.29, 0.717) is 18.0 Å². The van der Waals surface area contributed by atoms with Gasteiger partial charge in [-0.1, -0.05) is 42.5 Å². The Morgan fingerprint density at radius 1 is 1.00 bits per heavy atom. The van der Waals surface area contributed by atoms with E-state index in [9.17, 15) is 8.42 Å². The molecule has 1 unspecified atom stereocenters. The highest BCUT2D eigenvalue weighted by molar-refractivity contribution is 7.89. The number of nitrogens with zero attached hydrogens (tertiary/aromatic N) is 2. The molecule has 1 fully saturated rings. The van der Waals surface area contributed by atoms with Gasteiger partial charge in [0, 0.05) is 25.7 Å². The van der Waals surface area contributed by atoms with Crippen LogP contribution >= 0.6 is 0 Å². The summed E-state index contributed by atoms with van der Waals surface area (Å²) in [6.45, 7) is 5.52. The topological polar surface area (TPSA) is 40.6 Å². The Balaban J connectivity index is 1.93. The van der Waals surface area contributed by atoms with Crippen molar-refractivity contribution in [2.75, 3.05) is 26.7 Å². The van der Waals surface area contributed by atoms with E-state index in [0.717, 1.165) is 23.2 Å². The van der Waals surface area contributed by atoms with Crippen molar-refractivity contribution < 1.29 is 8.42 Å². The van der Waals surface area contributed by atoms with Crippen LogP contribution < -0.4 is 0 Å². The SMILES string of the molecule is Cc1ccc(C)c(S(=O)(=O)N2CCN(C)C(c3ccccc3)C2)c1. The number of aryl methyl sites for hydroxylation is 2. The third-order valence-corrected chi connectivity index (χ3v) is 6.76. The summed E-state index contributed by atoms with van der Waals surface area (Å²) >= 11 is 0. The van der Waals surface area contributed by atoms with Gasteiger partial charge in [-0.15, -0.1) is 0 Å². The number of sulfonamides is 1. The van der Waals surface area contributed by atoms with E-state index in [-0.39, 0.29) is 6.04 Å². The highest BCUT2D eigenvalue weighted by atomic mass is 32.2. The van der Waals surface area contributed by atoms with Crippen LogP contribution in [0.1, 0.15) is 22.7 Å². The van der Waals surface area contributed by atoms with E-state index >= 15 is 0 Å². The fourth-order valence-electron chi connectivity index (χ4n) is 3.23. The Hall–Kier alpha value is -1.69. The van der Waals surface area contributed by atoms with Crippen LogP contribution in [0.5, 0.6) is 0 Å². The fourth-order valence-corrected chi connectivity index (χ4v) is 4.97. The number of hydrogen-bond donors (Lipinski definition) is 0. The van der Waals surface area contributed by atoms with Gasteiger partial charge in [0.15, 0.2) is 0 Å². The average molecular weight is 344 g/mol. The molecule has 1 heterocycles. The third kappa shape index (κ3) is 3.24. The normalized spacial score (nSPS) is 20.2. The minimum atomic E-state index is -3.47. The molecule has 0 bridgehead atoms. The first-order valence-corrected chi connectivity index (χ1v) is 9.66. The molecular weight excluding hydrogens is 320 g/mol. The molecule has 1 atom stereocenters. The first-order chi connectivity index (χ1) is 11.4. The van der Waals surface area contributed by atoms with Crippen molar-refractivity contribution >= 4 is 10.0 Å². The minimum Gasteiger partial charge on any atom is -0.297 e. The average Bonchev–Trinajstić information content (AvgIpc) is 2.58. The molecule has 0 radical (unpaired) electrons. The van der Waals surface area contributed by atoms with Gasteiger partial charge in [0.2, 0.25) is 10.0 Å². The van der Waals surface area contributed by atoms with Gasteiger partial charge in [0.05, 0.1) is 4.90 Å². The van der Waals surface area contributed by atoms with E-state index in [4.69, 9.17) is 0 Å². The van der Waals surface area contributed by atoms with E-state index in [1.54, 1.807) is 10.4 Å². The molecule has 2 aromatic rings. The monoisotopic (exact) mass is 344 g/mol. The molecule has 128 valence electrons. The standard InChI is InChI=1S/C19H24N2O2S/c1-15-9-10-16(2)19(13-15)24(22,23)21-12-11-20(3)18(14-21)17-7-5-4-6-8-17/h4-10,13,18H,11-12,14H2,1-3H3. The summed E-state index contributed by atoms with van der Waals surface area (Å²) in [6, 6.07) is 15.8. The van der Waals surface area contributed by atoms with Crippen molar-refractivity contribution in [2.45, 2.75) is 24.8 Å². The lowest BCUT2D eigenvalue weighted by Gasteiger charge is -2.39. The summed E-state index contributed by atoms with van der Waals surface area (Å²) < 4.78 is 27.9. The lowest BCUT2D eigenvalue weighted by atomic mass is 10.0. The van der Waals surface area contributed by atoms with Crippen molar-refractivity contribution in [1.29, 1.82) is 0 Å². The summed E-state index contributed by atoms with van der Waals surface area (Å²) in [5.74, 6) is 0. The summed E-state index contributed by atoms with van der Waals surface area (Å²) in [7, 11) is -1.42. The van der Waals surface area contributed by atoms with Gasteiger partial charge in [-0.3, -0.25) is 4.90 Å². The molecule has 0 N–H and O–H groups in total. The van der Waals surface area contributed by atoms with Gasteiger partial charge in [0.1, 0.15) is 0 Å². The molecule has 0 saturated carbocycles. The second-order valence-electron chi connectivity index (χ2n) is 6.54. The Kier molecular flexibility index (Phi) is 4.76. The van der Waals surface area contributed by atoms with E-state index in [2.05, 4.69) is 24.1 Å². The van der Waals surface area contributed by atoms with Gasteiger partial charge in [-0.2, -0.15) is 4.31 Å². The van der Waals surface area contributed by atoms with Crippen molar-refractivity contribution in [2.24, 2.45) is 0 Å². The molecule has 0 amide bonds. The molecule has 3 rings (SSSR count). The summed E-state index contributed by atoms with van der Waals surface area (Å²) in [5, 5.41) is 0. The Morgan fingerprint density at radius 3 is 2.42 bits per heavy atom. The third-order valence-electron chi connectivity index (χ3n) is 4.76. The maximum atomic E-state index is 13.2. The van der Waals surface area contributed by atoms with Crippen LogP contribution in [-0.2, 0) is 10.0 Å². The zero-order chi connectivity index (χ0) is 17.3. The summed E-state index contributed by atoms with van der Waals surface area (Å²) in [6.07, 6.45) is 0. The molecule has 5 heteroatoms. The predicted molar refractivity (Wildman–Crippen MR) is 96.5 cm³/mol. The van der Waals surface area contributed by atoms with Gasteiger partial charge in [0.25, 0.3) is 0 Å². The Morgan fingerprint density at radius 2 is 1.71 bits per heavy atom. The van der Waals surface area contributed by atoms with E-state index in [1.807, 2.05) is 44.2 Å². The van der Waals surface area contributed by atoms with Crippen LogP contribution in [0.3, 0.4) is 0 Å². The zero-order valence-corrected chi connectivity index (χ0v) is 15.3. The van der Waals surface area contributed by atoms with Gasteiger partial charge >= 0.3 is 0 Å². The Labute approximate surface area is 144 Å². The maximum absolute atomic E-state index is 13.2. The van der Waals surface area contributed by atoms with Crippen LogP contribution in [0, 0.1) is 13.8 Å². The highest BCUT2D eigenvalue weighted by Gasteiger charge is 2.34. The predicted octanol–water partition coefficient (Wildman–Crippen LogP) is 2.98. The van der Waals surface area contributed by atoms with Crippen LogP contribution in [-0.4, -0.2) is 44.3 Å². The van der Waals surface area contributed by atoms with Crippen LogP contribution in [0.25, 0.3) is 0 Å². The zero-order valence-electron chi connectivity index (χ0n) is 14.4. The van der Waals surface area contributed by atoms with Crippen molar-refractivity contribution in [3.8, 4) is 0 Å². The molecule has 0 aliphatic carbocycles. The Bertz CT molecular complexity index is 819. The highest BCUT2D eigenvalue weighted by Crippen LogP contribution is 2.29. The van der Waals surface area contributed by atoms with Crippen molar-refractivity contribution in [1.82, 2.24) is 9.21 Å². The second-order valence-corrected chi connectivity index (χ2v) is 8.45. The van der Waals surface area contributed by atoms with Gasteiger partial charge < -0.3 is 0 Å². The van der Waals surface area contributed by atoms with Crippen LogP contribution in [0.15, 0.2) is 53.4 Å². The molecule has 1 saturated heterocycles. The lowest BCUT2D eigenvalue weighted by molar-refractivity contribution is 0.148. The number of benzene rings is 2. The number of piperazine rings is 1. The molecular formula is C19H24N2O2S. The molecule has 1 aliphatic heterocycles. The molecule has 0 aromatic heterocycles. The smallest absolute Gasteiger partial charge is 0.243 e. The van der Waals surface area contributed by atoms with E-state index < -0.39 is 10.0 Å². The molecule has 0 spiro atoms. The largest absolute Gasteiger partial charge is 0.297 e. The van der Waals surface area contributed by atoms with Crippen LogP contribution in [0.4, 0.5) is 0 Å². The number of likely N-dealkylation sites (N-methyl/N-ethyl adjacent to an activating group) is 1. The van der Waals surface area contributed by atoms with Gasteiger partial charge in [-0.05, 0) is 43.7 Å². The second kappa shape index (κ2) is 6.67. The minimum absolute atomic E-state index is 0.0832. The lowest BCUT2D eigenvalue weighted by Crippen LogP contribution is -2.49. The first kappa shape index (κ1) is 17.1. The first-order valence-electron chi connectivity index (χ1n) is 8.22. The van der Waals surface area contributed by atoms with Crippen LogP contribution in [0.2, 0.25) is 0 Å². The number of hydrogen-bond acceptors (Lipinski definition) is 3. The summed E-state index contributed by atoms with van der Waals surface area (Å²) in [4.78, 5) is 2.66. The fraction of sp³-hybridized carbons (Fsp3) is 0.368. The van der Waals surface area contributed by atoms with Crippen molar-refractivity contribution in [3.63, 3.8) is 0 Å². The molecule has 4 nitrogen and oxygen atoms in total. The van der Waals surface area contributed by atoms with Gasteiger partial charge in [-0.25, -0.2) is 8.42 Å².